The fourth-order valence-corrected chi connectivity index (χ4v) is 1.32. The van der Waals surface area contributed by atoms with E-state index in [4.69, 9.17) is 10.9 Å². The van der Waals surface area contributed by atoms with Crippen LogP contribution in [-0.2, 0) is 0 Å². The lowest BCUT2D eigenvalue weighted by atomic mass is 9.85. The van der Waals surface area contributed by atoms with Crippen molar-refractivity contribution in [3.05, 3.63) is 29.8 Å². The Kier molecular flexibility index (Phi) is 2.79. The Labute approximate surface area is 84.2 Å². The minimum atomic E-state index is -0.218. The molecule has 1 aromatic rings. The van der Waals surface area contributed by atoms with E-state index in [0.717, 1.165) is 5.56 Å². The number of hydrogen-bond acceptors (Lipinski definition) is 3. The van der Waals surface area contributed by atoms with Gasteiger partial charge in [-0.05, 0) is 6.07 Å². The van der Waals surface area contributed by atoms with E-state index in [1.807, 2.05) is 39.0 Å². The molecule has 0 amide bonds. The van der Waals surface area contributed by atoms with Gasteiger partial charge in [-0.1, -0.05) is 44.1 Å². The summed E-state index contributed by atoms with van der Waals surface area (Å²) < 4.78 is 0. The molecule has 0 saturated carbocycles. The highest BCUT2D eigenvalue weighted by molar-refractivity contribution is 6.07. The fraction of sp³-hybridized carbons (Fsp3) is 0.364. The van der Waals surface area contributed by atoms with E-state index in [2.05, 4.69) is 5.16 Å². The minimum absolute atomic E-state index is 0.218. The number of anilines is 1. The van der Waals surface area contributed by atoms with Gasteiger partial charge in [-0.2, -0.15) is 0 Å². The van der Waals surface area contributed by atoms with Crippen LogP contribution >= 0.6 is 0 Å². The van der Waals surface area contributed by atoms with Gasteiger partial charge in [-0.25, -0.2) is 0 Å². The monoisotopic (exact) mass is 192 g/mol. The second-order valence-electron chi connectivity index (χ2n) is 4.29. The highest BCUT2D eigenvalue weighted by Gasteiger charge is 2.22. The van der Waals surface area contributed by atoms with Gasteiger partial charge in [0.05, 0.1) is 5.71 Å². The quantitative estimate of drug-likeness (QED) is 0.311. The fourth-order valence-electron chi connectivity index (χ4n) is 1.32. The van der Waals surface area contributed by atoms with Crippen molar-refractivity contribution >= 4 is 11.4 Å². The second kappa shape index (κ2) is 3.70. The molecule has 0 aliphatic heterocycles. The molecule has 14 heavy (non-hydrogen) atoms. The van der Waals surface area contributed by atoms with E-state index in [1.165, 1.54) is 0 Å². The molecule has 0 saturated heterocycles. The van der Waals surface area contributed by atoms with Crippen LogP contribution in [0.5, 0.6) is 0 Å². The number of para-hydroxylation sites is 1. The first-order valence-corrected chi connectivity index (χ1v) is 4.54. The first-order valence-electron chi connectivity index (χ1n) is 4.54. The summed E-state index contributed by atoms with van der Waals surface area (Å²) >= 11 is 0. The Morgan fingerprint density at radius 2 is 1.86 bits per heavy atom. The Balaban J connectivity index is 3.23. The van der Waals surface area contributed by atoms with Gasteiger partial charge in [0.1, 0.15) is 0 Å². The Morgan fingerprint density at radius 1 is 1.29 bits per heavy atom. The van der Waals surface area contributed by atoms with Crippen LogP contribution in [0.4, 0.5) is 5.69 Å². The van der Waals surface area contributed by atoms with Crippen molar-refractivity contribution in [3.8, 4) is 0 Å². The zero-order valence-corrected chi connectivity index (χ0v) is 8.78. The van der Waals surface area contributed by atoms with E-state index in [-0.39, 0.29) is 5.41 Å². The van der Waals surface area contributed by atoms with Gasteiger partial charge in [0.2, 0.25) is 0 Å². The van der Waals surface area contributed by atoms with Gasteiger partial charge in [-0.15, -0.1) is 0 Å². The molecule has 0 radical (unpaired) electrons. The van der Waals surface area contributed by atoms with E-state index in [9.17, 15) is 0 Å². The average Bonchev–Trinajstić information content (AvgIpc) is 2.07. The molecule has 0 fully saturated rings. The summed E-state index contributed by atoms with van der Waals surface area (Å²) in [6, 6.07) is 7.39. The van der Waals surface area contributed by atoms with Crippen LogP contribution in [0.15, 0.2) is 29.4 Å². The van der Waals surface area contributed by atoms with E-state index in [0.29, 0.717) is 11.4 Å². The first kappa shape index (κ1) is 10.6. The smallest absolute Gasteiger partial charge is 0.0941 e. The lowest BCUT2D eigenvalue weighted by molar-refractivity contribution is 0.311. The average molecular weight is 192 g/mol. The van der Waals surface area contributed by atoms with Crippen LogP contribution in [0, 0.1) is 5.41 Å². The lowest BCUT2D eigenvalue weighted by Crippen LogP contribution is -2.22. The van der Waals surface area contributed by atoms with E-state index < -0.39 is 0 Å². The van der Waals surface area contributed by atoms with Gasteiger partial charge in [0.25, 0.3) is 0 Å². The molecule has 0 unspecified atom stereocenters. The van der Waals surface area contributed by atoms with Gasteiger partial charge >= 0.3 is 0 Å². The van der Waals surface area contributed by atoms with Crippen LogP contribution in [0.2, 0.25) is 0 Å². The van der Waals surface area contributed by atoms with Crippen molar-refractivity contribution < 1.29 is 5.21 Å². The molecule has 0 spiro atoms. The van der Waals surface area contributed by atoms with E-state index in [1.54, 1.807) is 6.07 Å². The highest BCUT2D eigenvalue weighted by atomic mass is 16.4. The molecule has 3 N–H and O–H groups in total. The van der Waals surface area contributed by atoms with Crippen LogP contribution in [0.25, 0.3) is 0 Å². The predicted molar refractivity (Wildman–Crippen MR) is 58.6 cm³/mol. The zero-order chi connectivity index (χ0) is 10.8. The molecule has 0 aromatic heterocycles. The number of nitrogens with two attached hydrogens (primary N) is 1. The van der Waals surface area contributed by atoms with Crippen molar-refractivity contribution in [2.45, 2.75) is 20.8 Å². The van der Waals surface area contributed by atoms with Crippen LogP contribution in [-0.4, -0.2) is 10.9 Å². The third kappa shape index (κ3) is 2.05. The van der Waals surface area contributed by atoms with Gasteiger partial charge < -0.3 is 10.9 Å². The van der Waals surface area contributed by atoms with Crippen LogP contribution < -0.4 is 5.73 Å². The van der Waals surface area contributed by atoms with Crippen molar-refractivity contribution in [1.29, 1.82) is 0 Å². The molecule has 0 aliphatic carbocycles. The largest absolute Gasteiger partial charge is 0.411 e. The summed E-state index contributed by atoms with van der Waals surface area (Å²) in [4.78, 5) is 0. The SMILES string of the molecule is CC(C)(C)/C(=N/O)c1ccccc1N. The standard InChI is InChI=1S/C11H16N2O/c1-11(2,3)10(13-14)8-6-4-5-7-9(8)12/h4-7,14H,12H2,1-3H3/b13-10+. The number of benzene rings is 1. The Morgan fingerprint density at radius 3 is 2.29 bits per heavy atom. The maximum absolute atomic E-state index is 8.97. The second-order valence-corrected chi connectivity index (χ2v) is 4.29. The number of rotatable bonds is 1. The third-order valence-corrected chi connectivity index (χ3v) is 2.03. The molecule has 0 aliphatic rings. The van der Waals surface area contributed by atoms with Crippen molar-refractivity contribution in [2.24, 2.45) is 10.6 Å². The topological polar surface area (TPSA) is 58.6 Å². The zero-order valence-electron chi connectivity index (χ0n) is 8.78. The lowest BCUT2D eigenvalue weighted by Gasteiger charge is -2.20. The molecule has 1 aromatic carbocycles. The Bertz CT molecular complexity index is 351. The van der Waals surface area contributed by atoms with Gasteiger partial charge in [0, 0.05) is 16.7 Å². The van der Waals surface area contributed by atoms with Gasteiger partial charge in [-0.3, -0.25) is 0 Å². The molecule has 0 bridgehead atoms. The van der Waals surface area contributed by atoms with Crippen molar-refractivity contribution in [3.63, 3.8) is 0 Å². The van der Waals surface area contributed by atoms with Crippen LogP contribution in [0.3, 0.4) is 0 Å². The predicted octanol–water partition coefficient (Wildman–Crippen LogP) is 2.49. The molecule has 3 nitrogen and oxygen atoms in total. The van der Waals surface area contributed by atoms with Crippen LogP contribution in [0.1, 0.15) is 26.3 Å². The van der Waals surface area contributed by atoms with Crippen molar-refractivity contribution in [2.75, 3.05) is 5.73 Å². The van der Waals surface area contributed by atoms with Crippen molar-refractivity contribution in [1.82, 2.24) is 0 Å². The number of nitrogen functional groups attached to an aromatic ring is 1. The summed E-state index contributed by atoms with van der Waals surface area (Å²) in [6.45, 7) is 5.94. The minimum Gasteiger partial charge on any atom is -0.411 e. The molecule has 1 rings (SSSR count). The summed E-state index contributed by atoms with van der Waals surface area (Å²) in [5.41, 5.74) is 7.62. The summed E-state index contributed by atoms with van der Waals surface area (Å²) in [7, 11) is 0. The molecular formula is C11H16N2O. The molecule has 0 atom stereocenters. The summed E-state index contributed by atoms with van der Waals surface area (Å²) in [5, 5.41) is 12.3. The molecule has 3 heteroatoms. The first-order chi connectivity index (χ1) is 6.46. The maximum atomic E-state index is 8.97. The number of oxime groups is 1. The number of hydrogen-bond donors (Lipinski definition) is 2. The summed E-state index contributed by atoms with van der Waals surface area (Å²) in [5.74, 6) is 0. The molecular weight excluding hydrogens is 176 g/mol. The number of nitrogens with zero attached hydrogens (tertiary/aromatic N) is 1. The molecule has 0 heterocycles. The van der Waals surface area contributed by atoms with Gasteiger partial charge in [0.15, 0.2) is 0 Å². The third-order valence-electron chi connectivity index (χ3n) is 2.03. The maximum Gasteiger partial charge on any atom is 0.0941 e. The normalized spacial score (nSPS) is 12.9. The molecule has 76 valence electrons. The Hall–Kier alpha value is -1.51. The van der Waals surface area contributed by atoms with E-state index >= 15 is 0 Å². The highest BCUT2D eigenvalue weighted by Crippen LogP contribution is 2.24. The summed E-state index contributed by atoms with van der Waals surface area (Å²) in [6.07, 6.45) is 0.